The number of aromatic nitrogens is 2. The summed E-state index contributed by atoms with van der Waals surface area (Å²) in [4.78, 5) is 29.1. The molecule has 0 unspecified atom stereocenters. The fourth-order valence-electron chi connectivity index (χ4n) is 2.63. The van der Waals surface area contributed by atoms with E-state index in [0.717, 1.165) is 0 Å². The first kappa shape index (κ1) is 17.9. The first-order chi connectivity index (χ1) is 13.1. The molecule has 2 heterocycles. The Bertz CT molecular complexity index is 974. The van der Waals surface area contributed by atoms with Crippen molar-refractivity contribution in [3.05, 3.63) is 76.8 Å². The largest absolute Gasteiger partial charge is 0.467 e. The SMILES string of the molecule is N#CCCN(Cc1ccco1)C(=O)c1ccc(-n2ccnc2)c([N+](=O)[O-])c1. The normalized spacial score (nSPS) is 10.3. The number of nitriles is 1. The minimum Gasteiger partial charge on any atom is -0.467 e. The molecule has 1 amide bonds. The predicted octanol–water partition coefficient (Wildman–Crippen LogP) is 2.93. The summed E-state index contributed by atoms with van der Waals surface area (Å²) in [6.45, 7) is 0.359. The molecule has 9 heteroatoms. The summed E-state index contributed by atoms with van der Waals surface area (Å²) >= 11 is 0. The number of nitro benzene ring substituents is 1. The summed E-state index contributed by atoms with van der Waals surface area (Å²) < 4.78 is 6.77. The van der Waals surface area contributed by atoms with E-state index in [1.807, 2.05) is 6.07 Å². The van der Waals surface area contributed by atoms with Gasteiger partial charge in [0.2, 0.25) is 0 Å². The van der Waals surface area contributed by atoms with E-state index in [-0.39, 0.29) is 30.8 Å². The Balaban J connectivity index is 1.92. The van der Waals surface area contributed by atoms with E-state index in [9.17, 15) is 14.9 Å². The summed E-state index contributed by atoms with van der Waals surface area (Å²) in [5.41, 5.74) is 0.260. The van der Waals surface area contributed by atoms with Crippen molar-refractivity contribution in [1.82, 2.24) is 14.5 Å². The minimum absolute atomic E-state index is 0.141. The predicted molar refractivity (Wildman–Crippen MR) is 93.9 cm³/mol. The van der Waals surface area contributed by atoms with Crippen molar-refractivity contribution in [3.8, 4) is 11.8 Å². The maximum Gasteiger partial charge on any atom is 0.294 e. The summed E-state index contributed by atoms with van der Waals surface area (Å²) in [7, 11) is 0. The fourth-order valence-corrected chi connectivity index (χ4v) is 2.63. The molecule has 0 saturated heterocycles. The Hall–Kier alpha value is -3.93. The number of carbonyl (C=O) groups is 1. The molecule has 3 aromatic rings. The van der Waals surface area contributed by atoms with Crippen molar-refractivity contribution in [3.63, 3.8) is 0 Å². The van der Waals surface area contributed by atoms with Gasteiger partial charge in [-0.25, -0.2) is 4.98 Å². The molecule has 0 N–H and O–H groups in total. The van der Waals surface area contributed by atoms with Crippen molar-refractivity contribution in [2.24, 2.45) is 0 Å². The van der Waals surface area contributed by atoms with E-state index in [4.69, 9.17) is 9.68 Å². The van der Waals surface area contributed by atoms with Gasteiger partial charge in [0.15, 0.2) is 0 Å². The molecule has 0 atom stereocenters. The lowest BCUT2D eigenvalue weighted by molar-refractivity contribution is -0.384. The maximum atomic E-state index is 12.9. The Morgan fingerprint density at radius 1 is 1.41 bits per heavy atom. The molecule has 136 valence electrons. The molecule has 0 aliphatic carbocycles. The summed E-state index contributed by atoms with van der Waals surface area (Å²) in [5, 5.41) is 20.3. The van der Waals surface area contributed by atoms with Gasteiger partial charge in [0.25, 0.3) is 11.6 Å². The lowest BCUT2D eigenvalue weighted by Crippen LogP contribution is -2.31. The molecule has 0 saturated carbocycles. The lowest BCUT2D eigenvalue weighted by Gasteiger charge is -2.20. The van der Waals surface area contributed by atoms with Gasteiger partial charge in [0, 0.05) is 30.6 Å². The average Bonchev–Trinajstić information content (AvgIpc) is 3.38. The van der Waals surface area contributed by atoms with E-state index in [1.54, 1.807) is 18.3 Å². The van der Waals surface area contributed by atoms with Crippen LogP contribution in [0.25, 0.3) is 5.69 Å². The summed E-state index contributed by atoms with van der Waals surface area (Å²) in [5.74, 6) is 0.146. The number of benzene rings is 1. The smallest absolute Gasteiger partial charge is 0.294 e. The van der Waals surface area contributed by atoms with Crippen LogP contribution in [0.3, 0.4) is 0 Å². The monoisotopic (exact) mass is 365 g/mol. The highest BCUT2D eigenvalue weighted by atomic mass is 16.6. The number of rotatable bonds is 7. The van der Waals surface area contributed by atoms with Crippen molar-refractivity contribution in [2.75, 3.05) is 6.54 Å². The topological polar surface area (TPSA) is 118 Å². The number of imidazole rings is 1. The number of nitro groups is 1. The molecule has 0 aliphatic rings. The molecule has 0 aliphatic heterocycles. The Labute approximate surface area is 154 Å². The first-order valence-corrected chi connectivity index (χ1v) is 8.05. The van der Waals surface area contributed by atoms with Gasteiger partial charge in [-0.2, -0.15) is 5.26 Å². The maximum absolute atomic E-state index is 12.9. The Kier molecular flexibility index (Phi) is 5.28. The van der Waals surface area contributed by atoms with Gasteiger partial charge in [0.1, 0.15) is 11.4 Å². The zero-order chi connectivity index (χ0) is 19.2. The number of hydrogen-bond acceptors (Lipinski definition) is 6. The third-order valence-electron chi connectivity index (χ3n) is 3.91. The number of furan rings is 1. The van der Waals surface area contributed by atoms with E-state index in [0.29, 0.717) is 11.4 Å². The molecule has 0 fully saturated rings. The molecule has 2 aromatic heterocycles. The first-order valence-electron chi connectivity index (χ1n) is 8.05. The van der Waals surface area contributed by atoms with Crippen LogP contribution in [-0.2, 0) is 6.54 Å². The van der Waals surface area contributed by atoms with E-state index in [2.05, 4.69) is 4.98 Å². The van der Waals surface area contributed by atoms with Crippen molar-refractivity contribution in [1.29, 1.82) is 5.26 Å². The molecule has 0 bridgehead atoms. The zero-order valence-electron chi connectivity index (χ0n) is 14.2. The fraction of sp³-hybridized carbons (Fsp3) is 0.167. The lowest BCUT2D eigenvalue weighted by atomic mass is 10.1. The second-order valence-corrected chi connectivity index (χ2v) is 5.64. The molecule has 27 heavy (non-hydrogen) atoms. The highest BCUT2D eigenvalue weighted by molar-refractivity contribution is 5.95. The van der Waals surface area contributed by atoms with Crippen molar-refractivity contribution < 1.29 is 14.1 Å². The van der Waals surface area contributed by atoms with Crippen LogP contribution in [0.1, 0.15) is 22.5 Å². The van der Waals surface area contributed by atoms with E-state index < -0.39 is 10.8 Å². The van der Waals surface area contributed by atoms with Gasteiger partial charge in [-0.1, -0.05) is 0 Å². The van der Waals surface area contributed by atoms with Crippen LogP contribution in [0.2, 0.25) is 0 Å². The standard InChI is InChI=1S/C18H15N5O4/c19-6-2-8-21(12-15-3-1-10-27-15)18(24)14-4-5-16(17(11-14)23(25)26)22-9-7-20-13-22/h1,3-5,7,9-11,13H,2,8,12H2. The summed E-state index contributed by atoms with van der Waals surface area (Å²) in [6, 6.07) is 9.68. The molecule has 9 nitrogen and oxygen atoms in total. The van der Waals surface area contributed by atoms with Crippen molar-refractivity contribution in [2.45, 2.75) is 13.0 Å². The van der Waals surface area contributed by atoms with Gasteiger partial charge < -0.3 is 13.9 Å². The van der Waals surface area contributed by atoms with Gasteiger partial charge >= 0.3 is 0 Å². The Morgan fingerprint density at radius 2 is 2.26 bits per heavy atom. The van der Waals surface area contributed by atoms with Crippen LogP contribution in [0.5, 0.6) is 0 Å². The van der Waals surface area contributed by atoms with Gasteiger partial charge in [-0.3, -0.25) is 14.9 Å². The van der Waals surface area contributed by atoms with Gasteiger partial charge in [0.05, 0.1) is 36.5 Å². The molecular weight excluding hydrogens is 350 g/mol. The van der Waals surface area contributed by atoms with Gasteiger partial charge in [-0.05, 0) is 24.3 Å². The highest BCUT2D eigenvalue weighted by Crippen LogP contribution is 2.25. The zero-order valence-corrected chi connectivity index (χ0v) is 14.2. The molecule has 0 radical (unpaired) electrons. The van der Waals surface area contributed by atoms with Crippen LogP contribution in [-0.4, -0.2) is 31.8 Å². The molecule has 3 rings (SSSR count). The summed E-state index contributed by atoms with van der Waals surface area (Å²) in [6.07, 6.45) is 6.17. The van der Waals surface area contributed by atoms with E-state index in [1.165, 1.54) is 46.5 Å². The van der Waals surface area contributed by atoms with Crippen LogP contribution < -0.4 is 0 Å². The minimum atomic E-state index is -0.543. The third-order valence-corrected chi connectivity index (χ3v) is 3.91. The number of nitrogens with zero attached hydrogens (tertiary/aromatic N) is 5. The second kappa shape index (κ2) is 7.97. The number of hydrogen-bond donors (Lipinski definition) is 0. The van der Waals surface area contributed by atoms with Crippen LogP contribution >= 0.6 is 0 Å². The van der Waals surface area contributed by atoms with Crippen LogP contribution in [0, 0.1) is 21.4 Å². The average molecular weight is 365 g/mol. The van der Waals surface area contributed by atoms with Crippen LogP contribution in [0.15, 0.2) is 59.7 Å². The Morgan fingerprint density at radius 3 is 2.89 bits per heavy atom. The molecule has 0 spiro atoms. The van der Waals surface area contributed by atoms with E-state index >= 15 is 0 Å². The quantitative estimate of drug-likeness (QED) is 0.469. The van der Waals surface area contributed by atoms with Crippen molar-refractivity contribution >= 4 is 11.6 Å². The molecule has 1 aromatic carbocycles. The number of carbonyl (C=O) groups excluding carboxylic acids is 1. The third kappa shape index (κ3) is 4.01. The molecular formula is C18H15N5O4. The number of amides is 1. The second-order valence-electron chi connectivity index (χ2n) is 5.64. The highest BCUT2D eigenvalue weighted by Gasteiger charge is 2.22. The van der Waals surface area contributed by atoms with Crippen LogP contribution in [0.4, 0.5) is 5.69 Å². The van der Waals surface area contributed by atoms with Gasteiger partial charge in [-0.15, -0.1) is 0 Å².